The molecule has 1 saturated carbocycles. The third-order valence-corrected chi connectivity index (χ3v) is 4.14. The van der Waals surface area contributed by atoms with E-state index in [2.05, 4.69) is 21.2 Å². The van der Waals surface area contributed by atoms with Crippen molar-refractivity contribution in [3.63, 3.8) is 0 Å². The fraction of sp³-hybridized carbons (Fsp3) is 0.600. The molecule has 0 saturated heterocycles. The largest absolute Gasteiger partial charge is 0.447 e. The van der Waals surface area contributed by atoms with Gasteiger partial charge in [0.15, 0.2) is 10.8 Å². The van der Waals surface area contributed by atoms with Crippen molar-refractivity contribution in [1.82, 2.24) is 5.32 Å². The number of ether oxygens (including phenoxy) is 1. The maximum absolute atomic E-state index is 11.9. The zero-order valence-electron chi connectivity index (χ0n) is 12.1. The second-order valence-electron chi connectivity index (χ2n) is 5.40. The van der Waals surface area contributed by atoms with Gasteiger partial charge in [0.05, 0.1) is 0 Å². The van der Waals surface area contributed by atoms with Gasteiger partial charge in [-0.1, -0.05) is 19.3 Å². The van der Waals surface area contributed by atoms with E-state index in [1.54, 1.807) is 13.0 Å². The molecule has 0 radical (unpaired) electrons. The van der Waals surface area contributed by atoms with Gasteiger partial charge in [-0.25, -0.2) is 4.79 Å². The van der Waals surface area contributed by atoms with E-state index in [1.807, 2.05) is 0 Å². The zero-order chi connectivity index (χ0) is 15.2. The Morgan fingerprint density at radius 3 is 2.71 bits per heavy atom. The van der Waals surface area contributed by atoms with E-state index in [0.29, 0.717) is 17.1 Å². The van der Waals surface area contributed by atoms with Crippen molar-refractivity contribution < 1.29 is 18.7 Å². The highest BCUT2D eigenvalue weighted by atomic mass is 79.9. The van der Waals surface area contributed by atoms with Crippen LogP contribution in [0.2, 0.25) is 0 Å². The van der Waals surface area contributed by atoms with Crippen LogP contribution in [0.3, 0.4) is 0 Å². The third kappa shape index (κ3) is 4.88. The lowest BCUT2D eigenvalue weighted by molar-refractivity contribution is -0.129. The molecule has 0 aliphatic heterocycles. The van der Waals surface area contributed by atoms with Crippen molar-refractivity contribution in [2.75, 3.05) is 6.54 Å². The highest BCUT2D eigenvalue weighted by Gasteiger charge is 2.22. The summed E-state index contributed by atoms with van der Waals surface area (Å²) < 4.78 is 10.6. The van der Waals surface area contributed by atoms with E-state index in [9.17, 15) is 9.59 Å². The van der Waals surface area contributed by atoms with E-state index in [4.69, 9.17) is 9.15 Å². The molecule has 5 nitrogen and oxygen atoms in total. The fourth-order valence-electron chi connectivity index (χ4n) is 2.48. The van der Waals surface area contributed by atoms with Gasteiger partial charge in [0, 0.05) is 6.54 Å². The first-order chi connectivity index (χ1) is 10.1. The van der Waals surface area contributed by atoms with Crippen molar-refractivity contribution in [1.29, 1.82) is 0 Å². The van der Waals surface area contributed by atoms with Gasteiger partial charge in [-0.15, -0.1) is 0 Å². The summed E-state index contributed by atoms with van der Waals surface area (Å²) in [6, 6.07) is 3.10. The molecule has 0 bridgehead atoms. The topological polar surface area (TPSA) is 68.5 Å². The van der Waals surface area contributed by atoms with Crippen LogP contribution in [-0.4, -0.2) is 24.5 Å². The summed E-state index contributed by atoms with van der Waals surface area (Å²) in [6.07, 6.45) is 5.25. The van der Waals surface area contributed by atoms with Crippen LogP contribution in [0.5, 0.6) is 0 Å². The molecule has 116 valence electrons. The average Bonchev–Trinajstić information content (AvgIpc) is 2.92. The molecule has 1 aromatic heterocycles. The summed E-state index contributed by atoms with van der Waals surface area (Å²) in [4.78, 5) is 23.7. The number of carbonyl (C=O) groups is 2. The summed E-state index contributed by atoms with van der Waals surface area (Å²) >= 11 is 3.11. The zero-order valence-corrected chi connectivity index (χ0v) is 13.6. The Hall–Kier alpha value is -1.30. The Morgan fingerprint density at radius 2 is 2.10 bits per heavy atom. The minimum Gasteiger partial charge on any atom is -0.447 e. The summed E-state index contributed by atoms with van der Waals surface area (Å²) in [6.45, 7) is 2.22. The summed E-state index contributed by atoms with van der Waals surface area (Å²) in [5.74, 6) is -0.277. The monoisotopic (exact) mass is 357 g/mol. The SMILES string of the molecule is C[C@H](OC(=O)c1ccc(Br)o1)C(=O)NCC1CCCCC1. The first-order valence-electron chi connectivity index (χ1n) is 7.30. The molecule has 1 aliphatic rings. The molecule has 1 aromatic rings. The van der Waals surface area contributed by atoms with Gasteiger partial charge < -0.3 is 14.5 Å². The molecular weight excluding hydrogens is 338 g/mol. The van der Waals surface area contributed by atoms with Gasteiger partial charge in [-0.3, -0.25) is 4.79 Å². The van der Waals surface area contributed by atoms with Crippen molar-refractivity contribution in [2.24, 2.45) is 5.92 Å². The van der Waals surface area contributed by atoms with Crippen molar-refractivity contribution in [3.05, 3.63) is 22.6 Å². The fourth-order valence-corrected chi connectivity index (χ4v) is 2.78. The molecule has 0 unspecified atom stereocenters. The number of rotatable bonds is 5. The molecule has 1 heterocycles. The Labute approximate surface area is 132 Å². The number of furan rings is 1. The van der Waals surface area contributed by atoms with E-state index in [0.717, 1.165) is 12.8 Å². The highest BCUT2D eigenvalue weighted by Crippen LogP contribution is 2.22. The number of halogens is 1. The number of nitrogens with one attached hydrogen (secondary N) is 1. The summed E-state index contributed by atoms with van der Waals surface area (Å²) in [7, 11) is 0. The van der Waals surface area contributed by atoms with Crippen LogP contribution < -0.4 is 5.32 Å². The molecule has 2 rings (SSSR count). The van der Waals surface area contributed by atoms with Crippen LogP contribution in [0.1, 0.15) is 49.6 Å². The number of hydrogen-bond donors (Lipinski definition) is 1. The van der Waals surface area contributed by atoms with Crippen molar-refractivity contribution in [3.8, 4) is 0 Å². The van der Waals surface area contributed by atoms with Crippen LogP contribution in [0, 0.1) is 5.92 Å². The Morgan fingerprint density at radius 1 is 1.38 bits per heavy atom. The van der Waals surface area contributed by atoms with E-state index in [1.165, 1.54) is 25.3 Å². The Bertz CT molecular complexity index is 494. The second kappa shape index (κ2) is 7.64. The maximum Gasteiger partial charge on any atom is 0.375 e. The van der Waals surface area contributed by atoms with E-state index < -0.39 is 12.1 Å². The van der Waals surface area contributed by atoms with E-state index in [-0.39, 0.29) is 11.7 Å². The molecule has 1 N–H and O–H groups in total. The quantitative estimate of drug-likeness (QED) is 0.821. The lowest BCUT2D eigenvalue weighted by atomic mass is 9.89. The number of amides is 1. The molecule has 21 heavy (non-hydrogen) atoms. The smallest absolute Gasteiger partial charge is 0.375 e. The Kier molecular flexibility index (Phi) is 5.85. The maximum atomic E-state index is 11.9. The average molecular weight is 358 g/mol. The van der Waals surface area contributed by atoms with Crippen LogP contribution in [0.4, 0.5) is 0 Å². The number of carbonyl (C=O) groups excluding carboxylic acids is 2. The van der Waals surface area contributed by atoms with Crippen LogP contribution >= 0.6 is 15.9 Å². The molecule has 0 aromatic carbocycles. The molecule has 1 fully saturated rings. The van der Waals surface area contributed by atoms with Gasteiger partial charge in [0.2, 0.25) is 5.76 Å². The van der Waals surface area contributed by atoms with Gasteiger partial charge in [0.1, 0.15) is 0 Å². The molecule has 0 spiro atoms. The van der Waals surface area contributed by atoms with Gasteiger partial charge in [-0.05, 0) is 53.7 Å². The molecular formula is C15H20BrNO4. The first-order valence-corrected chi connectivity index (χ1v) is 8.09. The van der Waals surface area contributed by atoms with Crippen LogP contribution in [0.25, 0.3) is 0 Å². The molecule has 1 amide bonds. The van der Waals surface area contributed by atoms with Crippen LogP contribution in [-0.2, 0) is 9.53 Å². The normalized spacial score (nSPS) is 17.2. The first kappa shape index (κ1) is 16.1. The molecule has 1 aliphatic carbocycles. The minimum atomic E-state index is -0.829. The van der Waals surface area contributed by atoms with E-state index >= 15 is 0 Å². The van der Waals surface area contributed by atoms with Gasteiger partial charge in [0.25, 0.3) is 5.91 Å². The van der Waals surface area contributed by atoms with Crippen molar-refractivity contribution >= 4 is 27.8 Å². The van der Waals surface area contributed by atoms with Crippen molar-refractivity contribution in [2.45, 2.75) is 45.1 Å². The summed E-state index contributed by atoms with van der Waals surface area (Å²) in [5, 5.41) is 2.86. The minimum absolute atomic E-state index is 0.0776. The van der Waals surface area contributed by atoms with Gasteiger partial charge in [-0.2, -0.15) is 0 Å². The number of hydrogen-bond acceptors (Lipinski definition) is 4. The Balaban J connectivity index is 1.75. The predicted molar refractivity (Wildman–Crippen MR) is 80.9 cm³/mol. The second-order valence-corrected chi connectivity index (χ2v) is 6.18. The van der Waals surface area contributed by atoms with Gasteiger partial charge >= 0.3 is 5.97 Å². The molecule has 6 heteroatoms. The standard InChI is InChI=1S/C15H20BrNO4/c1-10(20-15(19)12-7-8-13(16)21-12)14(18)17-9-11-5-3-2-4-6-11/h7-8,10-11H,2-6,9H2,1H3,(H,17,18)/t10-/m0/s1. The lowest BCUT2D eigenvalue weighted by Gasteiger charge is -2.22. The third-order valence-electron chi connectivity index (χ3n) is 3.72. The van der Waals surface area contributed by atoms with Crippen LogP contribution in [0.15, 0.2) is 21.2 Å². The summed E-state index contributed by atoms with van der Waals surface area (Å²) in [5.41, 5.74) is 0. The number of esters is 1. The predicted octanol–water partition coefficient (Wildman–Crippen LogP) is 3.28. The lowest BCUT2D eigenvalue weighted by Crippen LogP contribution is -2.38. The highest BCUT2D eigenvalue weighted by molar-refractivity contribution is 9.10. The molecule has 1 atom stereocenters.